The summed E-state index contributed by atoms with van der Waals surface area (Å²) >= 11 is 6.85. The Morgan fingerprint density at radius 2 is 1.84 bits per heavy atom. The highest BCUT2D eigenvalue weighted by Crippen LogP contribution is 2.45. The number of likely N-dealkylation sites (tertiary alicyclic amines) is 1. The fraction of sp³-hybridized carbons (Fsp3) is 0.696. The molecule has 178 valence electrons. The maximum atomic E-state index is 13.5. The molecule has 32 heavy (non-hydrogen) atoms. The molecule has 1 amide bonds. The van der Waals surface area contributed by atoms with Crippen molar-refractivity contribution in [3.8, 4) is 5.75 Å². The molecule has 1 saturated heterocycles. The summed E-state index contributed by atoms with van der Waals surface area (Å²) in [5.41, 5.74) is 0. The van der Waals surface area contributed by atoms with Crippen LogP contribution in [0.4, 0.5) is 9.80 Å². The summed E-state index contributed by atoms with van der Waals surface area (Å²) in [6.45, 7) is 7.88. The first-order valence-electron chi connectivity index (χ1n) is 11.6. The van der Waals surface area contributed by atoms with Crippen molar-refractivity contribution in [1.82, 2.24) is 10.2 Å². The van der Waals surface area contributed by atoms with Gasteiger partial charge in [0.15, 0.2) is 10.9 Å². The summed E-state index contributed by atoms with van der Waals surface area (Å²) in [6, 6.07) is 1.75. The highest BCUT2D eigenvalue weighted by molar-refractivity contribution is 7.80. The van der Waals surface area contributed by atoms with E-state index >= 15 is 0 Å². The molecular weight excluding hydrogens is 446 g/mol. The van der Waals surface area contributed by atoms with E-state index in [0.717, 1.165) is 61.6 Å². The van der Waals surface area contributed by atoms with Crippen LogP contribution in [0.25, 0.3) is 0 Å². The van der Waals surface area contributed by atoms with Crippen LogP contribution in [0.15, 0.2) is 6.07 Å². The van der Waals surface area contributed by atoms with Gasteiger partial charge < -0.3 is 20.1 Å². The number of nitrogens with one attached hydrogen (secondary N) is 1. The van der Waals surface area contributed by atoms with E-state index in [9.17, 15) is 14.7 Å². The third kappa shape index (κ3) is 5.73. The van der Waals surface area contributed by atoms with Gasteiger partial charge in [-0.3, -0.25) is 9.69 Å². The molecule has 2 heterocycles. The smallest absolute Gasteiger partial charge is 0.449 e. The van der Waals surface area contributed by atoms with Gasteiger partial charge in [0.25, 0.3) is 0 Å². The standard InChI is InChI=1S/C23H35N3O4S2/c1-14(2)26(20(27)17-7-5-15(3)6-8-17)21-18(30-23(28)29)13-19(32-21)16-9-11-25(12-10-16)22(31)24-4/h13-17H,5-12H2,1-4H3,(H,24,31)(H,28,29)/t15-,17-. The number of amides is 1. The number of carbonyl (C=O) groups excluding carboxylic acids is 1. The predicted octanol–water partition coefficient (Wildman–Crippen LogP) is 5.06. The molecule has 7 nitrogen and oxygen atoms in total. The maximum absolute atomic E-state index is 13.5. The van der Waals surface area contributed by atoms with Gasteiger partial charge in [-0.05, 0) is 82.5 Å². The molecule has 1 aliphatic heterocycles. The Hall–Kier alpha value is -1.87. The number of anilines is 1. The SMILES string of the molecule is CNC(=S)N1CCC(c2cc(OC(=O)O)c(N(C(=O)[C@H]3CC[C@H](C)CC3)C(C)C)s2)CC1. The Balaban J connectivity index is 1.85. The molecule has 0 aromatic carbocycles. The van der Waals surface area contributed by atoms with E-state index < -0.39 is 6.16 Å². The van der Waals surface area contributed by atoms with Crippen molar-refractivity contribution in [1.29, 1.82) is 0 Å². The van der Waals surface area contributed by atoms with Gasteiger partial charge in [0, 0.05) is 37.0 Å². The van der Waals surface area contributed by atoms with Crippen molar-refractivity contribution in [3.05, 3.63) is 10.9 Å². The first kappa shape index (κ1) is 24.8. The Labute approximate surface area is 200 Å². The van der Waals surface area contributed by atoms with Crippen LogP contribution in [0.5, 0.6) is 5.75 Å². The second-order valence-electron chi connectivity index (χ2n) is 9.26. The zero-order valence-electron chi connectivity index (χ0n) is 19.4. The van der Waals surface area contributed by atoms with Crippen molar-refractivity contribution in [2.75, 3.05) is 25.0 Å². The summed E-state index contributed by atoms with van der Waals surface area (Å²) in [4.78, 5) is 29.9. The minimum Gasteiger partial charge on any atom is -0.449 e. The fourth-order valence-electron chi connectivity index (χ4n) is 4.74. The molecule has 1 saturated carbocycles. The first-order valence-corrected chi connectivity index (χ1v) is 12.8. The molecule has 3 rings (SSSR count). The van der Waals surface area contributed by atoms with Gasteiger partial charge in [-0.25, -0.2) is 4.79 Å². The second-order valence-corrected chi connectivity index (χ2v) is 10.7. The third-order valence-electron chi connectivity index (χ3n) is 6.63. The fourth-order valence-corrected chi connectivity index (χ4v) is 6.31. The molecule has 0 atom stereocenters. The molecule has 2 N–H and O–H groups in total. The van der Waals surface area contributed by atoms with Crippen molar-refractivity contribution in [2.45, 2.75) is 71.3 Å². The number of hydrogen-bond acceptors (Lipinski definition) is 5. The Morgan fingerprint density at radius 1 is 1.22 bits per heavy atom. The first-order chi connectivity index (χ1) is 15.2. The van der Waals surface area contributed by atoms with E-state index in [-0.39, 0.29) is 23.6 Å². The highest BCUT2D eigenvalue weighted by Gasteiger charge is 2.34. The normalized spacial score (nSPS) is 22.0. The van der Waals surface area contributed by atoms with E-state index in [1.807, 2.05) is 27.0 Å². The number of ether oxygens (including phenoxy) is 1. The van der Waals surface area contributed by atoms with Crippen LogP contribution in [0, 0.1) is 11.8 Å². The molecule has 2 aliphatic rings. The van der Waals surface area contributed by atoms with Gasteiger partial charge in [0.05, 0.1) is 0 Å². The van der Waals surface area contributed by atoms with E-state index in [2.05, 4.69) is 17.1 Å². The van der Waals surface area contributed by atoms with Crippen LogP contribution in [-0.2, 0) is 4.79 Å². The third-order valence-corrected chi connectivity index (χ3v) is 8.37. The van der Waals surface area contributed by atoms with Crippen molar-refractivity contribution in [3.63, 3.8) is 0 Å². The number of carbonyl (C=O) groups is 2. The Bertz CT molecular complexity index is 825. The molecule has 1 aliphatic carbocycles. The van der Waals surface area contributed by atoms with Crippen molar-refractivity contribution in [2.24, 2.45) is 11.8 Å². The maximum Gasteiger partial charge on any atom is 0.511 e. The van der Waals surface area contributed by atoms with Crippen LogP contribution in [0.2, 0.25) is 0 Å². The summed E-state index contributed by atoms with van der Waals surface area (Å²) < 4.78 is 5.17. The average molecular weight is 482 g/mol. The molecule has 0 spiro atoms. The number of piperidine rings is 1. The molecule has 1 aromatic rings. The molecule has 1 aromatic heterocycles. The lowest BCUT2D eigenvalue weighted by Crippen LogP contribution is -2.42. The minimum absolute atomic E-state index is 0.0115. The lowest BCUT2D eigenvalue weighted by Gasteiger charge is -2.33. The number of nitrogens with zero attached hydrogens (tertiary/aromatic N) is 2. The molecular formula is C23H35N3O4S2. The minimum atomic E-state index is -1.35. The van der Waals surface area contributed by atoms with Crippen LogP contribution >= 0.6 is 23.6 Å². The zero-order chi connectivity index (χ0) is 23.4. The number of rotatable bonds is 5. The molecule has 9 heteroatoms. The van der Waals surface area contributed by atoms with E-state index in [4.69, 9.17) is 17.0 Å². The predicted molar refractivity (Wildman–Crippen MR) is 132 cm³/mol. The van der Waals surface area contributed by atoms with Crippen LogP contribution in [-0.4, -0.2) is 53.4 Å². The van der Waals surface area contributed by atoms with Gasteiger partial charge in [-0.15, -0.1) is 11.3 Å². The number of thiophene rings is 1. The quantitative estimate of drug-likeness (QED) is 0.449. The second kappa shape index (κ2) is 10.8. The summed E-state index contributed by atoms with van der Waals surface area (Å²) in [6.07, 6.45) is 4.38. The van der Waals surface area contributed by atoms with E-state index in [1.165, 1.54) is 11.3 Å². The molecule has 0 unspecified atom stereocenters. The number of hydrogen-bond donors (Lipinski definition) is 2. The molecule has 0 radical (unpaired) electrons. The van der Waals surface area contributed by atoms with E-state index in [1.54, 1.807) is 4.90 Å². The number of carboxylic acid groups (broad SMARTS) is 1. The summed E-state index contributed by atoms with van der Waals surface area (Å²) in [5.74, 6) is 1.30. The lowest BCUT2D eigenvalue weighted by atomic mass is 9.82. The largest absolute Gasteiger partial charge is 0.511 e. The highest BCUT2D eigenvalue weighted by atomic mass is 32.1. The Kier molecular flexibility index (Phi) is 8.38. The van der Waals surface area contributed by atoms with Crippen LogP contribution in [0.1, 0.15) is 70.1 Å². The van der Waals surface area contributed by atoms with Gasteiger partial charge in [-0.2, -0.15) is 0 Å². The summed E-state index contributed by atoms with van der Waals surface area (Å²) in [7, 11) is 1.83. The zero-order valence-corrected chi connectivity index (χ0v) is 21.1. The monoisotopic (exact) mass is 481 g/mol. The lowest BCUT2D eigenvalue weighted by molar-refractivity contribution is -0.123. The van der Waals surface area contributed by atoms with Crippen molar-refractivity contribution >= 4 is 45.7 Å². The van der Waals surface area contributed by atoms with Gasteiger partial charge >= 0.3 is 6.16 Å². The Morgan fingerprint density at radius 3 is 2.38 bits per heavy atom. The van der Waals surface area contributed by atoms with Gasteiger partial charge in [0.1, 0.15) is 5.00 Å². The summed E-state index contributed by atoms with van der Waals surface area (Å²) in [5, 5.41) is 13.7. The number of thiocarbonyl (C=S) groups is 1. The molecule has 2 fully saturated rings. The van der Waals surface area contributed by atoms with Crippen LogP contribution in [0.3, 0.4) is 0 Å². The van der Waals surface area contributed by atoms with Crippen molar-refractivity contribution < 1.29 is 19.4 Å². The van der Waals surface area contributed by atoms with Crippen LogP contribution < -0.4 is 15.0 Å². The average Bonchev–Trinajstić information content (AvgIpc) is 3.16. The van der Waals surface area contributed by atoms with Gasteiger partial charge in [-0.1, -0.05) is 6.92 Å². The van der Waals surface area contributed by atoms with Gasteiger partial charge in [0.2, 0.25) is 5.91 Å². The topological polar surface area (TPSA) is 82.1 Å². The molecule has 0 bridgehead atoms. The van der Waals surface area contributed by atoms with E-state index in [0.29, 0.717) is 16.8 Å².